The Hall–Kier alpha value is -2.85. The molecule has 4 aliphatic rings. The van der Waals surface area contributed by atoms with Crippen molar-refractivity contribution in [1.29, 1.82) is 0 Å². The SMILES string of the molecule is COc1nc(C(=O)N2CCC3(c4cccc(F)c4)OCOC3C2)ccc1OCC1CC2C(C1)C2(F)F. The number of piperidine rings is 1. The standard InChI is InChI=1S/C26H27F3N2O5/c1-33-23-21(34-13-15-9-18-19(10-15)26(18,28)29)6-5-20(30-23)24(32)31-8-7-25(22(12-31)35-14-36-25)16-3-2-4-17(27)11-16/h2-6,11,15,18-19,22H,7-10,12-14H2,1H3. The summed E-state index contributed by atoms with van der Waals surface area (Å²) in [7, 11) is 1.44. The lowest BCUT2D eigenvalue weighted by Crippen LogP contribution is -2.53. The van der Waals surface area contributed by atoms with Crippen molar-refractivity contribution in [2.45, 2.75) is 36.9 Å². The average molecular weight is 505 g/mol. The van der Waals surface area contributed by atoms with Crippen LogP contribution in [0.2, 0.25) is 0 Å². The number of halogens is 3. The molecule has 6 rings (SSSR count). The number of benzene rings is 1. The number of rotatable bonds is 6. The molecule has 2 saturated heterocycles. The van der Waals surface area contributed by atoms with Gasteiger partial charge in [0.2, 0.25) is 0 Å². The molecular weight excluding hydrogens is 477 g/mol. The summed E-state index contributed by atoms with van der Waals surface area (Å²) in [6, 6.07) is 9.48. The van der Waals surface area contributed by atoms with Crippen LogP contribution < -0.4 is 9.47 Å². The van der Waals surface area contributed by atoms with Crippen molar-refractivity contribution >= 4 is 5.91 Å². The van der Waals surface area contributed by atoms with E-state index in [0.717, 1.165) is 0 Å². The van der Waals surface area contributed by atoms with E-state index in [0.29, 0.717) is 43.7 Å². The largest absolute Gasteiger partial charge is 0.488 e. The molecule has 2 aliphatic carbocycles. The van der Waals surface area contributed by atoms with Crippen LogP contribution in [0.3, 0.4) is 0 Å². The maximum atomic E-state index is 13.9. The zero-order valence-corrected chi connectivity index (χ0v) is 19.8. The molecule has 4 unspecified atom stereocenters. The van der Waals surface area contributed by atoms with Gasteiger partial charge in [0.1, 0.15) is 30.0 Å². The highest BCUT2D eigenvalue weighted by atomic mass is 19.3. The van der Waals surface area contributed by atoms with Gasteiger partial charge < -0.3 is 23.8 Å². The molecule has 2 aliphatic heterocycles. The maximum absolute atomic E-state index is 13.9. The monoisotopic (exact) mass is 504 g/mol. The van der Waals surface area contributed by atoms with E-state index in [1.165, 1.54) is 19.2 Å². The van der Waals surface area contributed by atoms with Crippen molar-refractivity contribution in [1.82, 2.24) is 9.88 Å². The minimum absolute atomic E-state index is 0.0709. The highest BCUT2D eigenvalue weighted by molar-refractivity contribution is 5.92. The Morgan fingerprint density at radius 2 is 2.03 bits per heavy atom. The predicted molar refractivity (Wildman–Crippen MR) is 120 cm³/mol. The fourth-order valence-corrected chi connectivity index (χ4v) is 6.05. The first-order valence-corrected chi connectivity index (χ1v) is 12.2. The second-order valence-electron chi connectivity index (χ2n) is 10.1. The van der Waals surface area contributed by atoms with E-state index in [1.807, 2.05) is 6.07 Å². The topological polar surface area (TPSA) is 70.1 Å². The molecule has 4 atom stereocenters. The molecule has 2 aromatic rings. The molecule has 7 nitrogen and oxygen atoms in total. The fourth-order valence-electron chi connectivity index (χ4n) is 6.05. The number of nitrogens with zero attached hydrogens (tertiary/aromatic N) is 2. The normalized spacial score (nSPS) is 32.1. The number of carbonyl (C=O) groups is 1. The van der Waals surface area contributed by atoms with E-state index >= 15 is 0 Å². The average Bonchev–Trinajstić information content (AvgIpc) is 3.30. The number of fused-ring (bicyclic) bond motifs is 2. The summed E-state index contributed by atoms with van der Waals surface area (Å²) < 4.78 is 63.6. The van der Waals surface area contributed by atoms with Gasteiger partial charge in [0, 0.05) is 24.8 Å². The second kappa shape index (κ2) is 8.62. The Morgan fingerprint density at radius 1 is 1.22 bits per heavy atom. The zero-order valence-electron chi connectivity index (χ0n) is 19.8. The highest BCUT2D eigenvalue weighted by Crippen LogP contribution is 2.65. The van der Waals surface area contributed by atoms with E-state index in [4.69, 9.17) is 18.9 Å². The summed E-state index contributed by atoms with van der Waals surface area (Å²) in [6.07, 6.45) is 0.936. The van der Waals surface area contributed by atoms with Crippen molar-refractivity contribution in [2.24, 2.45) is 17.8 Å². The molecule has 0 spiro atoms. The van der Waals surface area contributed by atoms with Gasteiger partial charge in [-0.2, -0.15) is 0 Å². The fraction of sp³-hybridized carbons (Fsp3) is 0.538. The Labute approximate surface area is 206 Å². The van der Waals surface area contributed by atoms with Crippen molar-refractivity contribution in [2.75, 3.05) is 33.6 Å². The Kier molecular flexibility index (Phi) is 5.64. The van der Waals surface area contributed by atoms with Crippen molar-refractivity contribution in [3.05, 3.63) is 53.5 Å². The number of methoxy groups -OCH3 is 1. The molecule has 1 amide bonds. The number of aromatic nitrogens is 1. The molecule has 4 fully saturated rings. The summed E-state index contributed by atoms with van der Waals surface area (Å²) in [5.74, 6) is -3.55. The molecule has 0 bridgehead atoms. The van der Waals surface area contributed by atoms with Gasteiger partial charge in [0.15, 0.2) is 5.75 Å². The number of likely N-dealkylation sites (tertiary alicyclic amines) is 1. The first kappa shape index (κ1) is 23.5. The van der Waals surface area contributed by atoms with Crippen LogP contribution in [0.4, 0.5) is 13.2 Å². The van der Waals surface area contributed by atoms with E-state index in [2.05, 4.69) is 4.98 Å². The summed E-state index contributed by atoms with van der Waals surface area (Å²) in [5, 5.41) is 0. The molecular formula is C26H27F3N2O5. The third kappa shape index (κ3) is 3.82. The van der Waals surface area contributed by atoms with Crippen LogP contribution in [-0.4, -0.2) is 61.4 Å². The predicted octanol–water partition coefficient (Wildman–Crippen LogP) is 4.01. The van der Waals surface area contributed by atoms with Crippen molar-refractivity contribution < 1.29 is 36.9 Å². The molecule has 2 saturated carbocycles. The summed E-state index contributed by atoms with van der Waals surface area (Å²) >= 11 is 0. The van der Waals surface area contributed by atoms with E-state index in [9.17, 15) is 18.0 Å². The quantitative estimate of drug-likeness (QED) is 0.592. The molecule has 192 valence electrons. The third-order valence-electron chi connectivity index (χ3n) is 8.10. The molecule has 1 aromatic heterocycles. The van der Waals surface area contributed by atoms with Crippen molar-refractivity contribution in [3.8, 4) is 11.6 Å². The summed E-state index contributed by atoms with van der Waals surface area (Å²) in [5.41, 5.74) is 0.0896. The lowest BCUT2D eigenvalue weighted by atomic mass is 9.82. The minimum atomic E-state index is -2.50. The van der Waals surface area contributed by atoms with E-state index < -0.39 is 29.5 Å². The zero-order chi connectivity index (χ0) is 25.1. The highest BCUT2D eigenvalue weighted by Gasteiger charge is 2.71. The Morgan fingerprint density at radius 3 is 2.78 bits per heavy atom. The lowest BCUT2D eigenvalue weighted by molar-refractivity contribution is -0.0441. The van der Waals surface area contributed by atoms with Crippen LogP contribution in [0.5, 0.6) is 11.6 Å². The molecule has 0 N–H and O–H groups in total. The number of ether oxygens (including phenoxy) is 4. The summed E-state index contributed by atoms with van der Waals surface area (Å²) in [4.78, 5) is 19.3. The first-order valence-electron chi connectivity index (χ1n) is 12.2. The molecule has 3 heterocycles. The molecule has 0 radical (unpaired) electrons. The lowest BCUT2D eigenvalue weighted by Gasteiger charge is -2.41. The van der Waals surface area contributed by atoms with Gasteiger partial charge in [0.25, 0.3) is 17.7 Å². The summed E-state index contributed by atoms with van der Waals surface area (Å²) in [6.45, 7) is 1.03. The molecule has 10 heteroatoms. The molecule has 36 heavy (non-hydrogen) atoms. The van der Waals surface area contributed by atoms with Crippen LogP contribution in [-0.2, 0) is 15.1 Å². The van der Waals surface area contributed by atoms with Crippen molar-refractivity contribution in [3.63, 3.8) is 0 Å². The molecule has 1 aromatic carbocycles. The van der Waals surface area contributed by atoms with Gasteiger partial charge in [-0.25, -0.2) is 18.2 Å². The van der Waals surface area contributed by atoms with E-state index in [-0.39, 0.29) is 42.6 Å². The smallest absolute Gasteiger partial charge is 0.272 e. The van der Waals surface area contributed by atoms with Gasteiger partial charge >= 0.3 is 0 Å². The van der Waals surface area contributed by atoms with Crippen LogP contribution >= 0.6 is 0 Å². The van der Waals surface area contributed by atoms with Crippen LogP contribution in [0, 0.1) is 23.6 Å². The first-order chi connectivity index (χ1) is 17.3. The van der Waals surface area contributed by atoms with Crippen LogP contribution in [0.15, 0.2) is 36.4 Å². The van der Waals surface area contributed by atoms with Gasteiger partial charge in [-0.3, -0.25) is 4.79 Å². The van der Waals surface area contributed by atoms with E-state index in [1.54, 1.807) is 23.1 Å². The number of hydrogen-bond acceptors (Lipinski definition) is 6. The number of hydrogen-bond donors (Lipinski definition) is 0. The number of carbonyl (C=O) groups excluding carboxylic acids is 1. The van der Waals surface area contributed by atoms with Gasteiger partial charge in [-0.1, -0.05) is 12.1 Å². The van der Waals surface area contributed by atoms with Gasteiger partial charge in [-0.15, -0.1) is 0 Å². The number of pyridine rings is 1. The number of alkyl halides is 2. The van der Waals surface area contributed by atoms with Crippen LogP contribution in [0.25, 0.3) is 0 Å². The Balaban J connectivity index is 1.11. The Bertz CT molecular complexity index is 1170. The van der Waals surface area contributed by atoms with Gasteiger partial charge in [0.05, 0.1) is 20.3 Å². The number of amides is 1. The second-order valence-corrected chi connectivity index (χ2v) is 10.1. The van der Waals surface area contributed by atoms with Crippen LogP contribution in [0.1, 0.15) is 35.3 Å². The van der Waals surface area contributed by atoms with Gasteiger partial charge in [-0.05, 0) is 48.6 Å². The minimum Gasteiger partial charge on any atom is -0.488 e. The maximum Gasteiger partial charge on any atom is 0.272 e. The third-order valence-corrected chi connectivity index (χ3v) is 8.10.